The zero-order chi connectivity index (χ0) is 11.8. The summed E-state index contributed by atoms with van der Waals surface area (Å²) in [6.07, 6.45) is 2.26. The molecule has 0 aliphatic carbocycles. The maximum absolute atomic E-state index is 10.9. The first-order valence-electron chi connectivity index (χ1n) is 5.59. The molecule has 0 spiro atoms. The molecule has 1 aromatic carbocycles. The van der Waals surface area contributed by atoms with Gasteiger partial charge in [0.1, 0.15) is 0 Å². The molecule has 1 unspecified atom stereocenters. The van der Waals surface area contributed by atoms with Crippen molar-refractivity contribution in [2.75, 3.05) is 13.6 Å². The second-order valence-electron chi connectivity index (χ2n) is 4.68. The van der Waals surface area contributed by atoms with Crippen molar-refractivity contribution in [1.29, 1.82) is 0 Å². The van der Waals surface area contributed by atoms with E-state index in [1.807, 2.05) is 12.1 Å². The third kappa shape index (κ3) is 1.71. The van der Waals surface area contributed by atoms with Gasteiger partial charge < -0.3 is 5.11 Å². The number of rotatable bonds is 2. The van der Waals surface area contributed by atoms with Crippen LogP contribution in [0.3, 0.4) is 0 Å². The van der Waals surface area contributed by atoms with Gasteiger partial charge in [-0.25, -0.2) is 4.79 Å². The lowest BCUT2D eigenvalue weighted by atomic mass is 9.88. The van der Waals surface area contributed by atoms with E-state index in [2.05, 4.69) is 18.9 Å². The van der Waals surface area contributed by atoms with Gasteiger partial charge in [0.2, 0.25) is 0 Å². The molecule has 1 heterocycles. The lowest BCUT2D eigenvalue weighted by Crippen LogP contribution is -2.35. The van der Waals surface area contributed by atoms with Crippen LogP contribution < -0.4 is 0 Å². The van der Waals surface area contributed by atoms with Gasteiger partial charge in [0.05, 0.1) is 5.56 Å². The summed E-state index contributed by atoms with van der Waals surface area (Å²) in [6, 6.07) is 7.29. The van der Waals surface area contributed by atoms with E-state index < -0.39 is 5.97 Å². The maximum Gasteiger partial charge on any atom is 0.335 e. The van der Waals surface area contributed by atoms with Crippen molar-refractivity contribution >= 4 is 5.97 Å². The Morgan fingerprint density at radius 3 is 2.81 bits per heavy atom. The van der Waals surface area contributed by atoms with Crippen LogP contribution in [-0.4, -0.2) is 29.6 Å². The van der Waals surface area contributed by atoms with Gasteiger partial charge in [0.25, 0.3) is 0 Å². The highest BCUT2D eigenvalue weighted by Crippen LogP contribution is 2.37. The number of aromatic carboxylic acids is 1. The van der Waals surface area contributed by atoms with E-state index in [1.165, 1.54) is 6.42 Å². The van der Waals surface area contributed by atoms with E-state index >= 15 is 0 Å². The van der Waals surface area contributed by atoms with Crippen LogP contribution in [0.4, 0.5) is 0 Å². The molecule has 1 aromatic rings. The molecule has 1 aliphatic rings. The third-order valence-corrected chi connectivity index (χ3v) is 3.73. The first kappa shape index (κ1) is 11.1. The standard InChI is InChI=1S/C13H17NO2/c1-13(7-4-8-14(13)2)11-6-3-5-10(9-11)12(15)16/h3,5-6,9H,4,7-8H2,1-2H3,(H,15,16). The molecule has 0 radical (unpaired) electrons. The Bertz CT molecular complexity index is 416. The molecule has 3 nitrogen and oxygen atoms in total. The van der Waals surface area contributed by atoms with Crippen LogP contribution in [0.2, 0.25) is 0 Å². The molecule has 0 bridgehead atoms. The summed E-state index contributed by atoms with van der Waals surface area (Å²) in [5.41, 5.74) is 1.47. The number of nitrogens with zero attached hydrogens (tertiary/aromatic N) is 1. The van der Waals surface area contributed by atoms with E-state index in [1.54, 1.807) is 12.1 Å². The molecule has 86 valence electrons. The van der Waals surface area contributed by atoms with Crippen LogP contribution in [0.15, 0.2) is 24.3 Å². The van der Waals surface area contributed by atoms with Gasteiger partial charge in [-0.3, -0.25) is 4.90 Å². The fourth-order valence-corrected chi connectivity index (χ4v) is 2.45. The molecule has 1 saturated heterocycles. The monoisotopic (exact) mass is 219 g/mol. The van der Waals surface area contributed by atoms with Crippen LogP contribution in [0.5, 0.6) is 0 Å². The minimum atomic E-state index is -0.855. The summed E-state index contributed by atoms with van der Waals surface area (Å²) >= 11 is 0. The van der Waals surface area contributed by atoms with Crippen molar-refractivity contribution in [2.24, 2.45) is 0 Å². The molecule has 2 rings (SSSR count). The number of hydrogen-bond donors (Lipinski definition) is 1. The third-order valence-electron chi connectivity index (χ3n) is 3.73. The zero-order valence-electron chi connectivity index (χ0n) is 9.73. The molecule has 0 aromatic heterocycles. The normalized spacial score (nSPS) is 25.9. The van der Waals surface area contributed by atoms with Crippen molar-refractivity contribution in [3.63, 3.8) is 0 Å². The Morgan fingerprint density at radius 2 is 2.25 bits per heavy atom. The number of benzene rings is 1. The van der Waals surface area contributed by atoms with Gasteiger partial charge in [-0.05, 0) is 51.1 Å². The quantitative estimate of drug-likeness (QED) is 0.829. The second kappa shape index (κ2) is 3.91. The molecule has 3 heteroatoms. The number of carboxylic acids is 1. The van der Waals surface area contributed by atoms with Gasteiger partial charge in [-0.1, -0.05) is 12.1 Å². The highest BCUT2D eigenvalue weighted by molar-refractivity contribution is 5.87. The van der Waals surface area contributed by atoms with E-state index in [0.717, 1.165) is 18.5 Å². The summed E-state index contributed by atoms with van der Waals surface area (Å²) in [7, 11) is 2.10. The average molecular weight is 219 g/mol. The van der Waals surface area contributed by atoms with E-state index in [4.69, 9.17) is 5.11 Å². The molecule has 0 amide bonds. The van der Waals surface area contributed by atoms with Crippen LogP contribution >= 0.6 is 0 Å². The smallest absolute Gasteiger partial charge is 0.335 e. The predicted octanol–water partition coefficient (Wildman–Crippen LogP) is 2.33. The van der Waals surface area contributed by atoms with Crippen molar-refractivity contribution in [2.45, 2.75) is 25.3 Å². The Labute approximate surface area is 95.7 Å². The molecule has 0 saturated carbocycles. The van der Waals surface area contributed by atoms with Gasteiger partial charge >= 0.3 is 5.97 Å². The number of carboxylic acid groups (broad SMARTS) is 1. The Balaban J connectivity index is 2.40. The Kier molecular flexibility index (Phi) is 2.72. The van der Waals surface area contributed by atoms with E-state index in [9.17, 15) is 4.79 Å². The molecule has 1 aliphatic heterocycles. The highest BCUT2D eigenvalue weighted by Gasteiger charge is 2.35. The Hall–Kier alpha value is -1.35. The average Bonchev–Trinajstić information content (AvgIpc) is 2.61. The Morgan fingerprint density at radius 1 is 1.50 bits per heavy atom. The summed E-state index contributed by atoms with van der Waals surface area (Å²) in [5, 5.41) is 8.99. The van der Waals surface area contributed by atoms with Crippen molar-refractivity contribution in [3.8, 4) is 0 Å². The summed E-state index contributed by atoms with van der Waals surface area (Å²) in [4.78, 5) is 13.2. The maximum atomic E-state index is 10.9. The van der Waals surface area contributed by atoms with E-state index in [-0.39, 0.29) is 5.54 Å². The predicted molar refractivity (Wildman–Crippen MR) is 62.6 cm³/mol. The van der Waals surface area contributed by atoms with Crippen molar-refractivity contribution < 1.29 is 9.90 Å². The van der Waals surface area contributed by atoms with Crippen molar-refractivity contribution in [3.05, 3.63) is 35.4 Å². The van der Waals surface area contributed by atoms with Crippen molar-refractivity contribution in [1.82, 2.24) is 4.90 Å². The molecule has 16 heavy (non-hydrogen) atoms. The highest BCUT2D eigenvalue weighted by atomic mass is 16.4. The molecule has 1 N–H and O–H groups in total. The fraction of sp³-hybridized carbons (Fsp3) is 0.462. The topological polar surface area (TPSA) is 40.5 Å². The van der Waals surface area contributed by atoms with Gasteiger partial charge in [0.15, 0.2) is 0 Å². The zero-order valence-corrected chi connectivity index (χ0v) is 9.73. The minimum Gasteiger partial charge on any atom is -0.478 e. The second-order valence-corrected chi connectivity index (χ2v) is 4.68. The minimum absolute atomic E-state index is 0.00847. The summed E-state index contributed by atoms with van der Waals surface area (Å²) in [6.45, 7) is 3.26. The molecular formula is C13H17NO2. The number of carbonyl (C=O) groups is 1. The lowest BCUT2D eigenvalue weighted by molar-refractivity contribution is 0.0696. The van der Waals surface area contributed by atoms with E-state index in [0.29, 0.717) is 5.56 Å². The van der Waals surface area contributed by atoms with Gasteiger partial charge in [-0.15, -0.1) is 0 Å². The lowest BCUT2D eigenvalue weighted by Gasteiger charge is -2.33. The van der Waals surface area contributed by atoms with Crippen LogP contribution in [0, 0.1) is 0 Å². The van der Waals surface area contributed by atoms with Gasteiger partial charge in [0, 0.05) is 5.54 Å². The molecular weight excluding hydrogens is 202 g/mol. The first-order valence-corrected chi connectivity index (χ1v) is 5.59. The molecule has 1 atom stereocenters. The largest absolute Gasteiger partial charge is 0.478 e. The number of hydrogen-bond acceptors (Lipinski definition) is 2. The molecule has 1 fully saturated rings. The van der Waals surface area contributed by atoms with Gasteiger partial charge in [-0.2, -0.15) is 0 Å². The van der Waals surface area contributed by atoms with Crippen LogP contribution in [-0.2, 0) is 5.54 Å². The van der Waals surface area contributed by atoms with Crippen LogP contribution in [0.25, 0.3) is 0 Å². The first-order chi connectivity index (χ1) is 7.54. The van der Waals surface area contributed by atoms with Crippen LogP contribution in [0.1, 0.15) is 35.7 Å². The fourth-order valence-electron chi connectivity index (χ4n) is 2.45. The summed E-state index contributed by atoms with van der Waals surface area (Å²) < 4.78 is 0. The number of likely N-dealkylation sites (tertiary alicyclic amines) is 1. The SMILES string of the molecule is CN1CCCC1(C)c1cccc(C(=O)O)c1. The summed E-state index contributed by atoms with van der Waals surface area (Å²) in [5.74, 6) is -0.855.